The number of benzene rings is 3. The molecule has 0 aliphatic carbocycles. The van der Waals surface area contributed by atoms with Crippen LogP contribution in [0.3, 0.4) is 0 Å². The van der Waals surface area contributed by atoms with E-state index in [2.05, 4.69) is 5.32 Å². The number of amides is 2. The van der Waals surface area contributed by atoms with Crippen LogP contribution in [0, 0.1) is 17.0 Å². The second kappa shape index (κ2) is 15.1. The van der Waals surface area contributed by atoms with Crippen molar-refractivity contribution >= 4 is 33.2 Å². The van der Waals surface area contributed by atoms with Gasteiger partial charge < -0.3 is 15.0 Å². The molecule has 0 saturated carbocycles. The third-order valence-corrected chi connectivity index (χ3v) is 8.79. The Labute approximate surface area is 252 Å². The van der Waals surface area contributed by atoms with Crippen LogP contribution in [0.2, 0.25) is 0 Å². The van der Waals surface area contributed by atoms with Crippen molar-refractivity contribution in [3.05, 3.63) is 94.0 Å². The van der Waals surface area contributed by atoms with Crippen LogP contribution in [-0.4, -0.2) is 56.3 Å². The van der Waals surface area contributed by atoms with Crippen molar-refractivity contribution < 1.29 is 27.7 Å². The highest BCUT2D eigenvalue weighted by Gasteiger charge is 2.34. The Kier molecular flexibility index (Phi) is 11.6. The smallest absolute Gasteiger partial charge is 0.273 e. The zero-order chi connectivity index (χ0) is 31.6. The average Bonchev–Trinajstić information content (AvgIpc) is 3.00. The minimum Gasteiger partial charge on any atom is -0.497 e. The van der Waals surface area contributed by atoms with E-state index in [1.807, 2.05) is 37.3 Å². The molecule has 3 aromatic carbocycles. The van der Waals surface area contributed by atoms with Crippen molar-refractivity contribution in [2.45, 2.75) is 57.5 Å². The molecule has 12 heteroatoms. The van der Waals surface area contributed by atoms with E-state index in [-0.39, 0.29) is 28.7 Å². The first-order valence-corrected chi connectivity index (χ1v) is 15.5. The standard InChI is InChI=1S/C31H38N4O7S/c1-5-7-19-32-31(37)28(6-2)33(21-24-11-9-8-10-12-24)30(36)22-34(25-14-16-26(42-4)17-15-25)43(40,41)27-18-13-23(3)29(20-27)35(38)39/h8-18,20,28H,5-7,19,21-22H2,1-4H3,(H,32,37). The Hall–Kier alpha value is -4.45. The molecular formula is C31H38N4O7S. The van der Waals surface area contributed by atoms with Gasteiger partial charge in [0.1, 0.15) is 18.3 Å². The van der Waals surface area contributed by atoms with Crippen LogP contribution in [0.15, 0.2) is 77.7 Å². The quantitative estimate of drug-likeness (QED) is 0.148. The van der Waals surface area contributed by atoms with Crippen LogP contribution >= 0.6 is 0 Å². The normalized spacial score (nSPS) is 11.8. The van der Waals surface area contributed by atoms with Gasteiger partial charge in [-0.2, -0.15) is 0 Å². The number of anilines is 1. The van der Waals surface area contributed by atoms with E-state index in [0.29, 0.717) is 24.3 Å². The fourth-order valence-electron chi connectivity index (χ4n) is 4.56. The summed E-state index contributed by atoms with van der Waals surface area (Å²) >= 11 is 0. The predicted molar refractivity (Wildman–Crippen MR) is 164 cm³/mol. The van der Waals surface area contributed by atoms with Gasteiger partial charge in [-0.05, 0) is 55.7 Å². The van der Waals surface area contributed by atoms with Gasteiger partial charge in [-0.15, -0.1) is 0 Å². The maximum atomic E-state index is 14.1. The number of nitrogens with zero attached hydrogens (tertiary/aromatic N) is 3. The van der Waals surface area contributed by atoms with Gasteiger partial charge in [-0.3, -0.25) is 24.0 Å². The maximum absolute atomic E-state index is 14.1. The molecule has 11 nitrogen and oxygen atoms in total. The van der Waals surface area contributed by atoms with Gasteiger partial charge >= 0.3 is 0 Å². The number of ether oxygens (including phenoxy) is 1. The number of unbranched alkanes of at least 4 members (excludes halogenated alkanes) is 1. The summed E-state index contributed by atoms with van der Waals surface area (Å²) in [5, 5.41) is 14.5. The minimum atomic E-state index is -4.48. The number of hydrogen-bond acceptors (Lipinski definition) is 7. The average molecular weight is 611 g/mol. The number of methoxy groups -OCH3 is 1. The molecule has 0 heterocycles. The number of rotatable bonds is 15. The largest absolute Gasteiger partial charge is 0.497 e. The van der Waals surface area contributed by atoms with Crippen molar-refractivity contribution in [2.24, 2.45) is 0 Å². The van der Waals surface area contributed by atoms with E-state index in [9.17, 15) is 28.1 Å². The predicted octanol–water partition coefficient (Wildman–Crippen LogP) is 4.83. The molecule has 3 rings (SSSR count). The number of sulfonamides is 1. The van der Waals surface area contributed by atoms with Gasteiger partial charge in [0.05, 0.1) is 22.6 Å². The van der Waals surface area contributed by atoms with Gasteiger partial charge in [0.2, 0.25) is 11.8 Å². The first-order valence-electron chi connectivity index (χ1n) is 14.1. The van der Waals surface area contributed by atoms with E-state index in [4.69, 9.17) is 4.74 Å². The van der Waals surface area contributed by atoms with Crippen LogP contribution in [0.25, 0.3) is 0 Å². The number of carbonyl (C=O) groups excluding carboxylic acids is 2. The third-order valence-electron chi connectivity index (χ3n) is 7.02. The molecule has 1 atom stereocenters. The number of nitro benzene ring substituents is 1. The van der Waals surface area contributed by atoms with Gasteiger partial charge in [-0.25, -0.2) is 8.42 Å². The van der Waals surface area contributed by atoms with Crippen LogP contribution < -0.4 is 14.4 Å². The number of aryl methyl sites for hydroxylation is 1. The summed E-state index contributed by atoms with van der Waals surface area (Å²) in [4.78, 5) is 39.4. The molecule has 3 aromatic rings. The Balaban J connectivity index is 2.08. The minimum absolute atomic E-state index is 0.0753. The van der Waals surface area contributed by atoms with Crippen molar-refractivity contribution in [3.8, 4) is 5.75 Å². The molecule has 0 fully saturated rings. The summed E-state index contributed by atoms with van der Waals surface area (Å²) in [6.07, 6.45) is 1.96. The SMILES string of the molecule is CCCCNC(=O)C(CC)N(Cc1ccccc1)C(=O)CN(c1ccc(OC)cc1)S(=O)(=O)c1ccc(C)c([N+](=O)[O-])c1. The first-order chi connectivity index (χ1) is 20.5. The Morgan fingerprint density at radius 1 is 1.02 bits per heavy atom. The fraction of sp³-hybridized carbons (Fsp3) is 0.355. The zero-order valence-electron chi connectivity index (χ0n) is 24.9. The van der Waals surface area contributed by atoms with E-state index in [1.165, 1.54) is 43.2 Å². The second-order valence-electron chi connectivity index (χ2n) is 9.99. The number of carbonyl (C=O) groups is 2. The van der Waals surface area contributed by atoms with E-state index in [1.54, 1.807) is 19.1 Å². The van der Waals surface area contributed by atoms with Crippen molar-refractivity contribution in [3.63, 3.8) is 0 Å². The first kappa shape index (κ1) is 33.1. The van der Waals surface area contributed by atoms with Crippen LogP contribution in [0.1, 0.15) is 44.2 Å². The summed E-state index contributed by atoms with van der Waals surface area (Å²) in [5.41, 5.74) is 0.855. The lowest BCUT2D eigenvalue weighted by Crippen LogP contribution is -2.52. The highest BCUT2D eigenvalue weighted by atomic mass is 32.2. The molecule has 0 aliphatic rings. The second-order valence-corrected chi connectivity index (χ2v) is 11.9. The van der Waals surface area contributed by atoms with Crippen LogP contribution in [-0.2, 0) is 26.2 Å². The van der Waals surface area contributed by atoms with Gasteiger partial charge in [0, 0.05) is 24.7 Å². The fourth-order valence-corrected chi connectivity index (χ4v) is 5.99. The summed E-state index contributed by atoms with van der Waals surface area (Å²) < 4.78 is 34.2. The number of nitro groups is 1. The maximum Gasteiger partial charge on any atom is 0.273 e. The molecular weight excluding hydrogens is 572 g/mol. The lowest BCUT2D eigenvalue weighted by Gasteiger charge is -2.33. The summed E-state index contributed by atoms with van der Waals surface area (Å²) in [6.45, 7) is 5.19. The highest BCUT2D eigenvalue weighted by Crippen LogP contribution is 2.29. The zero-order valence-corrected chi connectivity index (χ0v) is 25.7. The van der Waals surface area contributed by atoms with E-state index >= 15 is 0 Å². The van der Waals surface area contributed by atoms with Gasteiger partial charge in [0.15, 0.2) is 0 Å². The summed E-state index contributed by atoms with van der Waals surface area (Å²) in [7, 11) is -3.01. The molecule has 0 aliphatic heterocycles. The summed E-state index contributed by atoms with van der Waals surface area (Å²) in [6, 6.07) is 18.0. The Morgan fingerprint density at radius 3 is 2.28 bits per heavy atom. The monoisotopic (exact) mass is 610 g/mol. The molecule has 0 spiro atoms. The van der Waals surface area contributed by atoms with E-state index < -0.39 is 33.4 Å². The Morgan fingerprint density at radius 2 is 1.70 bits per heavy atom. The molecule has 1 unspecified atom stereocenters. The topological polar surface area (TPSA) is 139 Å². The van der Waals surface area contributed by atoms with Crippen molar-refractivity contribution in [2.75, 3.05) is 24.5 Å². The lowest BCUT2D eigenvalue weighted by atomic mass is 10.1. The number of nitrogens with one attached hydrogen (secondary N) is 1. The molecule has 43 heavy (non-hydrogen) atoms. The lowest BCUT2D eigenvalue weighted by molar-refractivity contribution is -0.385. The molecule has 0 saturated heterocycles. The number of hydrogen-bond donors (Lipinski definition) is 1. The Bertz CT molecular complexity index is 1510. The highest BCUT2D eigenvalue weighted by molar-refractivity contribution is 7.92. The molecule has 1 N–H and O–H groups in total. The van der Waals surface area contributed by atoms with Gasteiger partial charge in [-0.1, -0.05) is 56.7 Å². The van der Waals surface area contributed by atoms with E-state index in [0.717, 1.165) is 28.8 Å². The van der Waals surface area contributed by atoms with Gasteiger partial charge in [0.25, 0.3) is 15.7 Å². The molecule has 230 valence electrons. The third kappa shape index (κ3) is 8.31. The van der Waals surface area contributed by atoms with Crippen molar-refractivity contribution in [1.29, 1.82) is 0 Å². The van der Waals surface area contributed by atoms with Crippen molar-refractivity contribution in [1.82, 2.24) is 10.2 Å². The molecule has 0 bridgehead atoms. The van der Waals surface area contributed by atoms with Crippen LogP contribution in [0.5, 0.6) is 5.75 Å². The molecule has 0 radical (unpaired) electrons. The molecule has 2 amide bonds. The molecule has 0 aromatic heterocycles. The summed E-state index contributed by atoms with van der Waals surface area (Å²) in [5.74, 6) is -0.463. The van der Waals surface area contributed by atoms with Crippen LogP contribution in [0.4, 0.5) is 11.4 Å².